The number of hydrogen-bond donors (Lipinski definition) is 1. The van der Waals surface area contributed by atoms with E-state index in [2.05, 4.69) is 4.99 Å². The monoisotopic (exact) mass is 154 g/mol. The minimum atomic E-state index is -0.0252. The van der Waals surface area contributed by atoms with Gasteiger partial charge >= 0.3 is 0 Å². The molecule has 62 valence electrons. The second-order valence-electron chi connectivity index (χ2n) is 2.53. The first-order valence-electron chi connectivity index (χ1n) is 3.51. The highest BCUT2D eigenvalue weighted by atomic mass is 16.1. The van der Waals surface area contributed by atoms with Gasteiger partial charge < -0.3 is 5.73 Å². The Balaban J connectivity index is 4.41. The zero-order chi connectivity index (χ0) is 8.85. The molecule has 11 heavy (non-hydrogen) atoms. The van der Waals surface area contributed by atoms with Crippen molar-refractivity contribution in [1.82, 2.24) is 0 Å². The van der Waals surface area contributed by atoms with E-state index in [4.69, 9.17) is 5.73 Å². The van der Waals surface area contributed by atoms with Gasteiger partial charge in [-0.15, -0.1) is 0 Å². The average Bonchev–Trinajstić information content (AvgIpc) is 1.98. The fourth-order valence-electron chi connectivity index (χ4n) is 0.661. The normalized spacial score (nSPS) is 12.9. The summed E-state index contributed by atoms with van der Waals surface area (Å²) in [5.74, 6) is 0.000833. The summed E-state index contributed by atoms with van der Waals surface area (Å²) >= 11 is 0. The molecule has 0 radical (unpaired) electrons. The van der Waals surface area contributed by atoms with Gasteiger partial charge in [-0.3, -0.25) is 9.79 Å². The van der Waals surface area contributed by atoms with E-state index in [9.17, 15) is 4.79 Å². The highest BCUT2D eigenvalue weighted by molar-refractivity contribution is 6.13. The SMILES string of the molecule is CN=C/C(=C\N)C(=O)C(C)C. The van der Waals surface area contributed by atoms with Crippen molar-refractivity contribution in [1.29, 1.82) is 0 Å². The number of nitrogens with two attached hydrogens (primary N) is 1. The molecule has 0 aromatic heterocycles. The number of hydrogen-bond acceptors (Lipinski definition) is 3. The van der Waals surface area contributed by atoms with Gasteiger partial charge in [0.05, 0.1) is 5.57 Å². The van der Waals surface area contributed by atoms with Gasteiger partial charge in [0.25, 0.3) is 0 Å². The molecule has 0 unspecified atom stereocenters. The first-order valence-corrected chi connectivity index (χ1v) is 3.51. The minimum Gasteiger partial charge on any atom is -0.404 e. The molecule has 0 saturated heterocycles. The molecule has 0 atom stereocenters. The maximum atomic E-state index is 11.2. The van der Waals surface area contributed by atoms with Crippen LogP contribution >= 0.6 is 0 Å². The summed E-state index contributed by atoms with van der Waals surface area (Å²) in [5, 5.41) is 0. The molecule has 0 rings (SSSR count). The van der Waals surface area contributed by atoms with Crippen molar-refractivity contribution < 1.29 is 4.79 Å². The minimum absolute atomic E-state index is 0.0252. The van der Waals surface area contributed by atoms with Gasteiger partial charge in [-0.05, 0) is 0 Å². The molecule has 0 aliphatic carbocycles. The highest BCUT2D eigenvalue weighted by Gasteiger charge is 2.10. The molecule has 0 aromatic rings. The van der Waals surface area contributed by atoms with Crippen LogP contribution in [0.3, 0.4) is 0 Å². The Labute approximate surface area is 67.0 Å². The fraction of sp³-hybridized carbons (Fsp3) is 0.500. The van der Waals surface area contributed by atoms with E-state index < -0.39 is 0 Å². The topological polar surface area (TPSA) is 55.4 Å². The standard InChI is InChI=1S/C8H14N2O/c1-6(2)8(11)7(4-9)5-10-3/h4-6H,9H2,1-3H3/b7-4+,10-5?. The summed E-state index contributed by atoms with van der Waals surface area (Å²) in [4.78, 5) is 14.9. The maximum Gasteiger partial charge on any atom is 0.168 e. The van der Waals surface area contributed by atoms with Crippen LogP contribution in [0.4, 0.5) is 0 Å². The van der Waals surface area contributed by atoms with Gasteiger partial charge in [0, 0.05) is 25.4 Å². The third-order valence-electron chi connectivity index (χ3n) is 1.26. The van der Waals surface area contributed by atoms with Crippen LogP contribution in [0.1, 0.15) is 13.8 Å². The Morgan fingerprint density at radius 2 is 2.09 bits per heavy atom. The lowest BCUT2D eigenvalue weighted by molar-refractivity contribution is -0.117. The van der Waals surface area contributed by atoms with Crippen molar-refractivity contribution >= 4 is 12.0 Å². The Morgan fingerprint density at radius 1 is 1.55 bits per heavy atom. The molecule has 0 amide bonds. The van der Waals surface area contributed by atoms with Crippen LogP contribution in [-0.2, 0) is 4.79 Å². The lowest BCUT2D eigenvalue weighted by Crippen LogP contribution is -2.12. The summed E-state index contributed by atoms with van der Waals surface area (Å²) in [5.41, 5.74) is 5.70. The highest BCUT2D eigenvalue weighted by Crippen LogP contribution is 2.02. The van der Waals surface area contributed by atoms with Gasteiger partial charge in [0.2, 0.25) is 0 Å². The van der Waals surface area contributed by atoms with Crippen LogP contribution in [0.25, 0.3) is 0 Å². The molecule has 0 aliphatic heterocycles. The van der Waals surface area contributed by atoms with Crippen LogP contribution in [0.5, 0.6) is 0 Å². The first kappa shape index (κ1) is 9.88. The number of rotatable bonds is 3. The van der Waals surface area contributed by atoms with Gasteiger partial charge in [-0.25, -0.2) is 0 Å². The number of allylic oxidation sites excluding steroid dienone is 1. The number of nitrogens with zero attached hydrogens (tertiary/aromatic N) is 1. The average molecular weight is 154 g/mol. The zero-order valence-electron chi connectivity index (χ0n) is 7.16. The zero-order valence-corrected chi connectivity index (χ0v) is 7.16. The Morgan fingerprint density at radius 3 is 2.36 bits per heavy atom. The van der Waals surface area contributed by atoms with Crippen LogP contribution in [0, 0.1) is 5.92 Å². The quantitative estimate of drug-likeness (QED) is 0.482. The molecular weight excluding hydrogens is 140 g/mol. The first-order chi connectivity index (χ1) is 5.13. The Bertz CT molecular complexity index is 192. The van der Waals surface area contributed by atoms with Gasteiger partial charge in [-0.1, -0.05) is 13.8 Å². The van der Waals surface area contributed by atoms with Crippen molar-refractivity contribution in [2.45, 2.75) is 13.8 Å². The number of ketones is 1. The third kappa shape index (κ3) is 2.98. The molecule has 0 saturated carbocycles. The molecule has 0 fully saturated rings. The van der Waals surface area contributed by atoms with E-state index >= 15 is 0 Å². The maximum absolute atomic E-state index is 11.2. The van der Waals surface area contributed by atoms with Crippen molar-refractivity contribution in [3.05, 3.63) is 11.8 Å². The van der Waals surface area contributed by atoms with Gasteiger partial charge in [-0.2, -0.15) is 0 Å². The van der Waals surface area contributed by atoms with Crippen molar-refractivity contribution in [2.24, 2.45) is 16.6 Å². The molecule has 0 bridgehead atoms. The largest absolute Gasteiger partial charge is 0.404 e. The van der Waals surface area contributed by atoms with Gasteiger partial charge in [0.1, 0.15) is 0 Å². The second kappa shape index (κ2) is 4.66. The lowest BCUT2D eigenvalue weighted by atomic mass is 10.0. The lowest BCUT2D eigenvalue weighted by Gasteiger charge is -2.02. The van der Waals surface area contributed by atoms with Crippen LogP contribution in [-0.4, -0.2) is 19.0 Å². The molecule has 0 aliphatic rings. The smallest absolute Gasteiger partial charge is 0.168 e. The van der Waals surface area contributed by atoms with Crippen molar-refractivity contribution in [3.8, 4) is 0 Å². The molecule has 2 N–H and O–H groups in total. The van der Waals surface area contributed by atoms with E-state index in [0.29, 0.717) is 5.57 Å². The Kier molecular flexibility index (Phi) is 4.18. The summed E-state index contributed by atoms with van der Waals surface area (Å²) in [6.07, 6.45) is 2.76. The van der Waals surface area contributed by atoms with E-state index in [-0.39, 0.29) is 11.7 Å². The summed E-state index contributed by atoms with van der Waals surface area (Å²) in [7, 11) is 1.61. The summed E-state index contributed by atoms with van der Waals surface area (Å²) < 4.78 is 0. The van der Waals surface area contributed by atoms with Crippen molar-refractivity contribution in [2.75, 3.05) is 7.05 Å². The predicted molar refractivity (Wildman–Crippen MR) is 46.5 cm³/mol. The summed E-state index contributed by atoms with van der Waals surface area (Å²) in [6.45, 7) is 3.66. The van der Waals surface area contributed by atoms with E-state index in [0.717, 1.165) is 0 Å². The van der Waals surface area contributed by atoms with Crippen LogP contribution in [0.15, 0.2) is 16.8 Å². The number of carbonyl (C=O) groups excluding carboxylic acids is 1. The second-order valence-corrected chi connectivity index (χ2v) is 2.53. The third-order valence-corrected chi connectivity index (χ3v) is 1.26. The molecule has 0 heterocycles. The number of carbonyl (C=O) groups is 1. The Hall–Kier alpha value is -1.12. The fourth-order valence-corrected chi connectivity index (χ4v) is 0.661. The number of aliphatic imine (C=N–C) groups is 1. The van der Waals surface area contributed by atoms with E-state index in [1.54, 1.807) is 7.05 Å². The van der Waals surface area contributed by atoms with Crippen molar-refractivity contribution in [3.63, 3.8) is 0 Å². The van der Waals surface area contributed by atoms with E-state index in [1.807, 2.05) is 13.8 Å². The predicted octanol–water partition coefficient (Wildman–Crippen LogP) is 0.755. The van der Waals surface area contributed by atoms with E-state index in [1.165, 1.54) is 12.4 Å². The number of Topliss-reactive ketones (excluding diaryl/α,β-unsaturated/α-hetero) is 1. The molecular formula is C8H14N2O. The summed E-state index contributed by atoms with van der Waals surface area (Å²) in [6, 6.07) is 0. The molecule has 3 nitrogen and oxygen atoms in total. The van der Waals surface area contributed by atoms with Gasteiger partial charge in [0.15, 0.2) is 5.78 Å². The molecule has 0 aromatic carbocycles. The van der Waals surface area contributed by atoms with Crippen LogP contribution in [0.2, 0.25) is 0 Å². The molecule has 3 heteroatoms. The van der Waals surface area contributed by atoms with Crippen LogP contribution < -0.4 is 5.73 Å². The molecule has 0 spiro atoms.